The van der Waals surface area contributed by atoms with Crippen LogP contribution in [-0.4, -0.2) is 127 Å². The number of rotatable bonds is 15. The number of hydrogen-bond donors (Lipinski definition) is 3. The van der Waals surface area contributed by atoms with Gasteiger partial charge in [0.1, 0.15) is 31.1 Å². The van der Waals surface area contributed by atoms with Crippen LogP contribution < -0.4 is 20.9 Å². The van der Waals surface area contributed by atoms with Crippen molar-refractivity contribution in [2.45, 2.75) is 144 Å². The van der Waals surface area contributed by atoms with Gasteiger partial charge < -0.3 is 35.8 Å². The van der Waals surface area contributed by atoms with Gasteiger partial charge in [0.2, 0.25) is 0 Å². The van der Waals surface area contributed by atoms with Gasteiger partial charge in [0.05, 0.1) is 93.3 Å². The van der Waals surface area contributed by atoms with E-state index in [0.717, 1.165) is 48.5 Å². The number of hydrogen-bond acceptors (Lipinski definition) is 19. The molecule has 9 heterocycles. The molecule has 1 aliphatic rings. The van der Waals surface area contributed by atoms with Gasteiger partial charge in [0, 0.05) is 148 Å². The molecule has 8 aromatic rings. The largest absolute Gasteiger partial charge is 0.464 e. The van der Waals surface area contributed by atoms with Crippen molar-refractivity contribution in [2.75, 3.05) is 27.7 Å². The summed E-state index contributed by atoms with van der Waals surface area (Å²) in [6.07, 6.45) is 15.2. The molecule has 1 radical (unpaired) electrons. The number of nitrogens with zero attached hydrogens (tertiary/aromatic N) is 14. The fourth-order valence-corrected chi connectivity index (χ4v) is 11.3. The Hall–Kier alpha value is -6.01. The molecule has 5 amide bonds. The van der Waals surface area contributed by atoms with Crippen LogP contribution in [-0.2, 0) is 82.0 Å². The van der Waals surface area contributed by atoms with Gasteiger partial charge in [0.15, 0.2) is 0 Å². The number of aromatic nitrogens is 11. The van der Waals surface area contributed by atoms with Crippen LogP contribution in [0.5, 0.6) is 0 Å². The maximum Gasteiger partial charge on any atom is 0.415 e. The number of esters is 1. The molecule has 1 atom stereocenters. The molecule has 85 heavy (non-hydrogen) atoms. The average Bonchev–Trinajstić information content (AvgIpc) is 4.51. The number of carbonyl (C=O) groups is 5. The Morgan fingerprint density at radius 3 is 1.38 bits per heavy atom. The summed E-state index contributed by atoms with van der Waals surface area (Å²) in [7, 11) is 7.12. The van der Waals surface area contributed by atoms with Gasteiger partial charge in [-0.1, -0.05) is 69.2 Å². The third-order valence-electron chi connectivity index (χ3n) is 11.8. The zero-order valence-electron chi connectivity index (χ0n) is 50.9. The van der Waals surface area contributed by atoms with Gasteiger partial charge in [-0.3, -0.25) is 9.13 Å². The smallest absolute Gasteiger partial charge is 0.415 e. The van der Waals surface area contributed by atoms with Gasteiger partial charge >= 0.3 is 30.1 Å². The molecule has 0 saturated carbocycles. The molecule has 0 unspecified atom stereocenters. The van der Waals surface area contributed by atoms with E-state index in [-0.39, 0.29) is 62.8 Å². The summed E-state index contributed by atoms with van der Waals surface area (Å²) >= 11 is 8.21. The van der Waals surface area contributed by atoms with Crippen molar-refractivity contribution in [3.63, 3.8) is 0 Å². The molecule has 23 nitrogen and oxygen atoms in total. The van der Waals surface area contributed by atoms with Crippen LogP contribution in [0.4, 0.5) is 19.2 Å². The molecule has 8 aromatic heterocycles. The first-order valence-electron chi connectivity index (χ1n) is 27.3. The molecule has 0 aliphatic carbocycles. The summed E-state index contributed by atoms with van der Waals surface area (Å²) in [4.78, 5) is 93.8. The van der Waals surface area contributed by atoms with Crippen LogP contribution in [0.15, 0.2) is 83.1 Å². The summed E-state index contributed by atoms with van der Waals surface area (Å²) in [6.45, 7) is 24.0. The fraction of sp³-hybridized carbons (Fsp3) is 0.482. The predicted molar refractivity (Wildman–Crippen MR) is 330 cm³/mol. The van der Waals surface area contributed by atoms with E-state index in [2.05, 4.69) is 115 Å². The molecule has 1 saturated heterocycles. The zero-order valence-corrected chi connectivity index (χ0v) is 57.8. The molecule has 1 aliphatic heterocycles. The molecule has 0 aromatic carbocycles. The summed E-state index contributed by atoms with van der Waals surface area (Å²) in [5.74, 6) is 1.86. The van der Waals surface area contributed by atoms with Crippen molar-refractivity contribution in [3.8, 4) is 0 Å². The minimum Gasteiger partial charge on any atom is -0.464 e. The molecule has 9 rings (SSSR count). The van der Waals surface area contributed by atoms with Gasteiger partial charge in [-0.15, -0.1) is 56.7 Å². The molecule has 29 heteroatoms. The van der Waals surface area contributed by atoms with Crippen LogP contribution in [0.3, 0.4) is 0 Å². The quantitative estimate of drug-likeness (QED) is 0.0637. The summed E-state index contributed by atoms with van der Waals surface area (Å²) < 4.78 is 11.1. The van der Waals surface area contributed by atoms with Crippen LogP contribution in [0.25, 0.3) is 0 Å². The standard InChI is InChI=1S/C13H19N4OS.C13H19N3O3S.C12H16N4OS.C11H14N4OS.C7H12N2S.Y/c1-10(2)12-14-11(8-19-12)7-16(4)13(18)17-6-5-15(3)9-17;1-8(2)11-14-9(7-20-11)6-16(3)13(18)15-10-4-5-19-12(10)17;1-9(2)11-14-10(7-18-11)6-15(3)12(17)16-5-4-13-8-16;1-8(2)10-14-9(6-17-10)5-13-11(16)15-4-3-12-7-15;1-5(2)7-9-6(3-8)4-10-7;/h5-6,8-10H,7H2,1-4H3;7-8,10H,4-6H2,1-3H3,(H,15,18);4-5,7-9H,6H2,1-3H3;3-4,6-8H,5H2,1-2H3,(H,13,16);4-5H,3,8H2,1-2H3;/q+1;;;;;/t;10-;;;;/m.0..../s1. The number of thiazole rings is 5. The van der Waals surface area contributed by atoms with E-state index in [0.29, 0.717) is 75.3 Å². The van der Waals surface area contributed by atoms with E-state index in [1.807, 2.05) is 44.7 Å². The fourth-order valence-electron chi connectivity index (χ4n) is 7.12. The van der Waals surface area contributed by atoms with E-state index in [4.69, 9.17) is 10.5 Å². The number of nitrogens with two attached hydrogens (primary N) is 1. The van der Waals surface area contributed by atoms with Gasteiger partial charge in [0.25, 0.3) is 6.33 Å². The summed E-state index contributed by atoms with van der Waals surface area (Å²) in [5.41, 5.74) is 10.1. The van der Waals surface area contributed by atoms with Crippen molar-refractivity contribution < 1.29 is 66.0 Å². The van der Waals surface area contributed by atoms with E-state index < -0.39 is 6.04 Å². The number of carbonyl (C=O) groups excluding carboxylic acids is 5. The second-order valence-corrected chi connectivity index (χ2v) is 25.5. The zero-order chi connectivity index (χ0) is 61.6. The summed E-state index contributed by atoms with van der Waals surface area (Å²) in [5, 5.41) is 21.0. The first kappa shape index (κ1) is 71.5. The van der Waals surface area contributed by atoms with E-state index in [9.17, 15) is 24.0 Å². The Morgan fingerprint density at radius 1 is 0.612 bits per heavy atom. The van der Waals surface area contributed by atoms with E-state index in [1.165, 1.54) is 31.7 Å². The normalized spacial score (nSPS) is 12.5. The van der Waals surface area contributed by atoms with Crippen LogP contribution in [0.1, 0.15) is 159 Å². The Kier molecular flexibility index (Phi) is 29.9. The monoisotopic (exact) mass is 1340 g/mol. The van der Waals surface area contributed by atoms with Crippen molar-refractivity contribution in [2.24, 2.45) is 12.8 Å². The third kappa shape index (κ3) is 23.3. The minimum atomic E-state index is -0.522. The molecule has 4 N–H and O–H groups in total. The number of nitrogens with one attached hydrogen (secondary N) is 2. The van der Waals surface area contributed by atoms with Gasteiger partial charge in [-0.05, 0) is 0 Å². The Bertz CT molecular complexity index is 3270. The van der Waals surface area contributed by atoms with Crippen LogP contribution in [0.2, 0.25) is 0 Å². The second kappa shape index (κ2) is 35.6. The molecule has 0 bridgehead atoms. The summed E-state index contributed by atoms with van der Waals surface area (Å²) in [6, 6.07) is -1.16. The van der Waals surface area contributed by atoms with Gasteiger partial charge in [-0.25, -0.2) is 63.4 Å². The topological polar surface area (TPSA) is 263 Å². The molecule has 1 fully saturated rings. The van der Waals surface area contributed by atoms with E-state index in [1.54, 1.807) is 130 Å². The average molecular weight is 1340 g/mol. The molecular formula is C56H80N17O6S5Y+. The van der Waals surface area contributed by atoms with Crippen molar-refractivity contribution >= 4 is 86.8 Å². The maximum absolute atomic E-state index is 12.2. The first-order chi connectivity index (χ1) is 39.9. The number of urea groups is 1. The minimum absolute atomic E-state index is 0. The van der Waals surface area contributed by atoms with E-state index >= 15 is 0 Å². The van der Waals surface area contributed by atoms with Crippen molar-refractivity contribution in [1.82, 2.24) is 73.9 Å². The van der Waals surface area contributed by atoms with Crippen molar-refractivity contribution in [3.05, 3.63) is 137 Å². The van der Waals surface area contributed by atoms with Crippen LogP contribution >= 0.6 is 56.7 Å². The predicted octanol–water partition coefficient (Wildman–Crippen LogP) is 10.2. The number of cyclic esters (lactones) is 1. The maximum atomic E-state index is 12.2. The Labute approximate surface area is 543 Å². The number of ether oxygens (including phenoxy) is 1. The van der Waals surface area contributed by atoms with Gasteiger partial charge in [-0.2, -0.15) is 4.57 Å². The molecule has 457 valence electrons. The SMILES string of the molecule is CC(C)c1nc(CN(C)C(=O)N[C@H]2CCOC2=O)cs1.CC(C)c1nc(CN(C)C(=O)n2cc[n+](C)c2)cs1.CC(C)c1nc(CN(C)C(=O)n2ccnc2)cs1.CC(C)c1nc(CN)cs1.CC(C)c1nc(CNC(=O)n2ccnc2)cs1.[Y]. The second-order valence-electron chi connectivity index (χ2n) is 21.0. The number of imidazole rings is 3. The number of aryl methyl sites for hydroxylation is 1. The number of amides is 5. The van der Waals surface area contributed by atoms with Crippen molar-refractivity contribution in [1.29, 1.82) is 0 Å². The molecule has 0 spiro atoms. The Morgan fingerprint density at radius 2 is 1.01 bits per heavy atom. The molecular weight excluding hydrogens is 1260 g/mol. The Balaban J connectivity index is 0.000000230. The third-order valence-corrected chi connectivity index (χ3v) is 17.8. The van der Waals surface area contributed by atoms with Crippen LogP contribution in [0, 0.1) is 0 Å². The first-order valence-corrected chi connectivity index (χ1v) is 31.7.